The number of allylic oxidation sites excluding steroid dienone is 1. The Balaban J connectivity index is 3.52. The van der Waals surface area contributed by atoms with E-state index in [0.29, 0.717) is 5.57 Å². The second-order valence-electron chi connectivity index (χ2n) is 5.82. The summed E-state index contributed by atoms with van der Waals surface area (Å²) in [6.45, 7) is 6.04. The Morgan fingerprint density at radius 1 is 0.800 bits per heavy atom. The second kappa shape index (κ2) is 13.2. The SMILES string of the molecule is CCCCCCCCCCCC/C(CC)=C(\C)C(=O)O. The van der Waals surface area contributed by atoms with E-state index in [4.69, 9.17) is 5.11 Å². The van der Waals surface area contributed by atoms with E-state index in [0.717, 1.165) is 24.8 Å². The molecule has 0 saturated carbocycles. The Hall–Kier alpha value is -0.790. The molecule has 0 bridgehead atoms. The summed E-state index contributed by atoms with van der Waals surface area (Å²) >= 11 is 0. The molecule has 0 aliphatic carbocycles. The van der Waals surface area contributed by atoms with Gasteiger partial charge in [0.1, 0.15) is 0 Å². The minimum Gasteiger partial charge on any atom is -0.478 e. The molecule has 0 atom stereocenters. The zero-order valence-corrected chi connectivity index (χ0v) is 13.8. The lowest BCUT2D eigenvalue weighted by Crippen LogP contribution is -2.01. The van der Waals surface area contributed by atoms with Gasteiger partial charge >= 0.3 is 5.97 Å². The summed E-state index contributed by atoms with van der Waals surface area (Å²) in [6.07, 6.45) is 15.1. The van der Waals surface area contributed by atoms with Crippen molar-refractivity contribution in [2.75, 3.05) is 0 Å². The molecule has 0 aromatic rings. The zero-order chi connectivity index (χ0) is 15.2. The van der Waals surface area contributed by atoms with Gasteiger partial charge in [-0.25, -0.2) is 4.79 Å². The van der Waals surface area contributed by atoms with E-state index in [-0.39, 0.29) is 0 Å². The zero-order valence-electron chi connectivity index (χ0n) is 13.8. The minimum absolute atomic E-state index is 0.559. The summed E-state index contributed by atoms with van der Waals surface area (Å²) in [5.74, 6) is -0.756. The topological polar surface area (TPSA) is 37.3 Å². The smallest absolute Gasteiger partial charge is 0.331 e. The lowest BCUT2D eigenvalue weighted by molar-refractivity contribution is -0.132. The molecule has 0 spiro atoms. The summed E-state index contributed by atoms with van der Waals surface area (Å²) < 4.78 is 0. The number of carboxylic acid groups (broad SMARTS) is 1. The van der Waals surface area contributed by atoms with Gasteiger partial charge in [-0.3, -0.25) is 0 Å². The highest BCUT2D eigenvalue weighted by molar-refractivity contribution is 5.86. The largest absolute Gasteiger partial charge is 0.478 e. The van der Waals surface area contributed by atoms with Crippen molar-refractivity contribution in [2.45, 2.75) is 97.8 Å². The third-order valence-corrected chi connectivity index (χ3v) is 4.11. The predicted octanol–water partition coefficient (Wildman–Crippen LogP) is 6.11. The maximum absolute atomic E-state index is 10.9. The van der Waals surface area contributed by atoms with Crippen molar-refractivity contribution in [1.82, 2.24) is 0 Å². The van der Waals surface area contributed by atoms with Crippen LogP contribution in [0, 0.1) is 0 Å². The molecule has 0 aliphatic rings. The summed E-state index contributed by atoms with van der Waals surface area (Å²) in [6, 6.07) is 0. The molecule has 0 fully saturated rings. The van der Waals surface area contributed by atoms with E-state index in [2.05, 4.69) is 13.8 Å². The van der Waals surface area contributed by atoms with Gasteiger partial charge in [0.15, 0.2) is 0 Å². The highest BCUT2D eigenvalue weighted by Crippen LogP contribution is 2.18. The van der Waals surface area contributed by atoms with Gasteiger partial charge in [-0.15, -0.1) is 0 Å². The second-order valence-corrected chi connectivity index (χ2v) is 5.82. The number of unbranched alkanes of at least 4 members (excludes halogenated alkanes) is 9. The van der Waals surface area contributed by atoms with Gasteiger partial charge in [-0.05, 0) is 26.2 Å². The Kier molecular flexibility index (Phi) is 12.7. The number of carboxylic acids is 1. The van der Waals surface area contributed by atoms with Crippen LogP contribution in [0.15, 0.2) is 11.1 Å². The number of hydrogen-bond donors (Lipinski definition) is 1. The predicted molar refractivity (Wildman–Crippen MR) is 87.1 cm³/mol. The van der Waals surface area contributed by atoms with E-state index in [1.165, 1.54) is 57.8 Å². The number of rotatable bonds is 13. The van der Waals surface area contributed by atoms with Crippen LogP contribution in [0.1, 0.15) is 97.8 Å². The van der Waals surface area contributed by atoms with E-state index in [9.17, 15) is 4.79 Å². The molecule has 0 heterocycles. The molecule has 0 unspecified atom stereocenters. The van der Waals surface area contributed by atoms with Crippen molar-refractivity contribution in [3.8, 4) is 0 Å². The Morgan fingerprint density at radius 2 is 1.25 bits per heavy atom. The molecular weight excluding hydrogens is 248 g/mol. The normalized spacial score (nSPS) is 12.3. The highest BCUT2D eigenvalue weighted by Gasteiger charge is 2.07. The van der Waals surface area contributed by atoms with Crippen LogP contribution in [0.2, 0.25) is 0 Å². The molecule has 118 valence electrons. The molecule has 1 N–H and O–H groups in total. The molecule has 0 aromatic carbocycles. The van der Waals surface area contributed by atoms with Crippen LogP contribution in [0.3, 0.4) is 0 Å². The summed E-state index contributed by atoms with van der Waals surface area (Å²) in [7, 11) is 0. The molecular formula is C18H34O2. The summed E-state index contributed by atoms with van der Waals surface area (Å²) in [4.78, 5) is 10.9. The van der Waals surface area contributed by atoms with Crippen LogP contribution in [0.25, 0.3) is 0 Å². The standard InChI is InChI=1S/C18H34O2/c1-4-6-7-8-9-10-11-12-13-14-15-17(5-2)16(3)18(19)20/h4-15H2,1-3H3,(H,19,20)/b17-16+. The Labute approximate surface area is 125 Å². The van der Waals surface area contributed by atoms with Gasteiger partial charge in [0.2, 0.25) is 0 Å². The quantitative estimate of drug-likeness (QED) is 0.327. The molecule has 0 saturated heterocycles. The van der Waals surface area contributed by atoms with Gasteiger partial charge in [-0.1, -0.05) is 77.2 Å². The Bertz CT molecular complexity index is 279. The van der Waals surface area contributed by atoms with E-state index in [1.807, 2.05) is 0 Å². The Morgan fingerprint density at radius 3 is 1.65 bits per heavy atom. The molecule has 0 rings (SSSR count). The van der Waals surface area contributed by atoms with Gasteiger partial charge in [-0.2, -0.15) is 0 Å². The first kappa shape index (κ1) is 19.2. The fraction of sp³-hybridized carbons (Fsp3) is 0.833. The number of aliphatic carboxylic acids is 1. The highest BCUT2D eigenvalue weighted by atomic mass is 16.4. The van der Waals surface area contributed by atoms with Crippen LogP contribution in [-0.2, 0) is 4.79 Å². The maximum Gasteiger partial charge on any atom is 0.331 e. The molecule has 20 heavy (non-hydrogen) atoms. The van der Waals surface area contributed by atoms with Crippen molar-refractivity contribution < 1.29 is 9.90 Å². The van der Waals surface area contributed by atoms with Crippen molar-refractivity contribution >= 4 is 5.97 Å². The molecule has 2 heteroatoms. The van der Waals surface area contributed by atoms with E-state index >= 15 is 0 Å². The molecule has 0 radical (unpaired) electrons. The van der Waals surface area contributed by atoms with Gasteiger partial charge < -0.3 is 5.11 Å². The monoisotopic (exact) mass is 282 g/mol. The molecule has 0 amide bonds. The van der Waals surface area contributed by atoms with Crippen molar-refractivity contribution in [2.24, 2.45) is 0 Å². The van der Waals surface area contributed by atoms with E-state index in [1.54, 1.807) is 6.92 Å². The molecule has 0 aliphatic heterocycles. The first-order valence-electron chi connectivity index (χ1n) is 8.55. The average molecular weight is 282 g/mol. The number of hydrogen-bond acceptors (Lipinski definition) is 1. The third-order valence-electron chi connectivity index (χ3n) is 4.11. The van der Waals surface area contributed by atoms with Crippen molar-refractivity contribution in [3.05, 3.63) is 11.1 Å². The van der Waals surface area contributed by atoms with Crippen LogP contribution >= 0.6 is 0 Å². The fourth-order valence-electron chi connectivity index (χ4n) is 2.61. The summed E-state index contributed by atoms with van der Waals surface area (Å²) in [5.41, 5.74) is 1.68. The van der Waals surface area contributed by atoms with Crippen molar-refractivity contribution in [3.63, 3.8) is 0 Å². The molecule has 0 aromatic heterocycles. The lowest BCUT2D eigenvalue weighted by atomic mass is 9.99. The third kappa shape index (κ3) is 10.1. The van der Waals surface area contributed by atoms with Gasteiger partial charge in [0, 0.05) is 5.57 Å². The van der Waals surface area contributed by atoms with Crippen LogP contribution in [0.5, 0.6) is 0 Å². The average Bonchev–Trinajstić information content (AvgIpc) is 2.44. The lowest BCUT2D eigenvalue weighted by Gasteiger charge is -2.07. The fourth-order valence-corrected chi connectivity index (χ4v) is 2.61. The maximum atomic E-state index is 10.9. The van der Waals surface area contributed by atoms with Crippen LogP contribution < -0.4 is 0 Å². The summed E-state index contributed by atoms with van der Waals surface area (Å²) in [5, 5.41) is 8.99. The van der Waals surface area contributed by atoms with Gasteiger partial charge in [0.25, 0.3) is 0 Å². The molecule has 2 nitrogen and oxygen atoms in total. The van der Waals surface area contributed by atoms with Crippen molar-refractivity contribution in [1.29, 1.82) is 0 Å². The minimum atomic E-state index is -0.756. The number of carbonyl (C=O) groups is 1. The van der Waals surface area contributed by atoms with E-state index < -0.39 is 5.97 Å². The first-order valence-corrected chi connectivity index (χ1v) is 8.55. The van der Waals surface area contributed by atoms with Gasteiger partial charge in [0.05, 0.1) is 0 Å². The first-order chi connectivity index (χ1) is 9.63. The van der Waals surface area contributed by atoms with Crippen LogP contribution in [0.4, 0.5) is 0 Å². The van der Waals surface area contributed by atoms with Crippen LogP contribution in [-0.4, -0.2) is 11.1 Å².